The van der Waals surface area contributed by atoms with E-state index in [0.717, 1.165) is 17.2 Å². The van der Waals surface area contributed by atoms with E-state index >= 15 is 0 Å². The lowest BCUT2D eigenvalue weighted by atomic mass is 9.89. The fourth-order valence-electron chi connectivity index (χ4n) is 3.20. The molecule has 96 valence electrons. The zero-order valence-corrected chi connectivity index (χ0v) is 11.7. The number of aromatic nitrogens is 2. The third-order valence-corrected chi connectivity index (χ3v) is 4.48. The van der Waals surface area contributed by atoms with E-state index in [1.54, 1.807) is 0 Å². The Bertz CT molecular complexity index is 602. The van der Waals surface area contributed by atoms with Crippen LogP contribution in [-0.2, 0) is 6.54 Å². The van der Waals surface area contributed by atoms with Gasteiger partial charge in [0.05, 0.1) is 11.0 Å². The van der Waals surface area contributed by atoms with Crippen molar-refractivity contribution in [3.8, 4) is 0 Å². The van der Waals surface area contributed by atoms with Crippen LogP contribution in [0.1, 0.15) is 37.7 Å². The Kier molecular flexibility index (Phi) is 3.25. The maximum atomic E-state index is 5.49. The molecular formula is C15H20N2S. The van der Waals surface area contributed by atoms with Gasteiger partial charge in [0, 0.05) is 6.54 Å². The van der Waals surface area contributed by atoms with Crippen LogP contribution in [0.25, 0.3) is 11.0 Å². The van der Waals surface area contributed by atoms with Crippen LogP contribution in [0.3, 0.4) is 0 Å². The number of para-hydroxylation sites is 1. The van der Waals surface area contributed by atoms with Gasteiger partial charge in [0.15, 0.2) is 4.77 Å². The van der Waals surface area contributed by atoms with Crippen molar-refractivity contribution < 1.29 is 0 Å². The van der Waals surface area contributed by atoms with Gasteiger partial charge < -0.3 is 9.55 Å². The SMILES string of the molecule is Cc1cccc2[nH]c(=S)n(CC3CCCCC3)c12. The summed E-state index contributed by atoms with van der Waals surface area (Å²) >= 11 is 5.49. The molecule has 0 saturated heterocycles. The zero-order valence-electron chi connectivity index (χ0n) is 10.9. The summed E-state index contributed by atoms with van der Waals surface area (Å²) in [5, 5.41) is 0. The number of rotatable bonds is 2. The molecule has 0 radical (unpaired) electrons. The van der Waals surface area contributed by atoms with Gasteiger partial charge in [-0.15, -0.1) is 0 Å². The van der Waals surface area contributed by atoms with Gasteiger partial charge in [0.1, 0.15) is 0 Å². The highest BCUT2D eigenvalue weighted by Crippen LogP contribution is 2.27. The van der Waals surface area contributed by atoms with Crippen molar-refractivity contribution in [2.45, 2.75) is 45.6 Å². The van der Waals surface area contributed by atoms with E-state index in [1.165, 1.54) is 48.7 Å². The lowest BCUT2D eigenvalue weighted by molar-refractivity contribution is 0.321. The summed E-state index contributed by atoms with van der Waals surface area (Å²) in [7, 11) is 0. The van der Waals surface area contributed by atoms with Crippen LogP contribution in [0.2, 0.25) is 0 Å². The van der Waals surface area contributed by atoms with Crippen molar-refractivity contribution >= 4 is 23.3 Å². The topological polar surface area (TPSA) is 20.7 Å². The van der Waals surface area contributed by atoms with Gasteiger partial charge in [-0.2, -0.15) is 0 Å². The van der Waals surface area contributed by atoms with Gasteiger partial charge in [0.25, 0.3) is 0 Å². The molecule has 0 atom stereocenters. The number of aryl methyl sites for hydroxylation is 1. The highest BCUT2D eigenvalue weighted by molar-refractivity contribution is 7.71. The molecule has 3 heteroatoms. The number of fused-ring (bicyclic) bond motifs is 1. The van der Waals surface area contributed by atoms with E-state index in [1.807, 2.05) is 0 Å². The smallest absolute Gasteiger partial charge is 0.178 e. The second-order valence-electron chi connectivity index (χ2n) is 5.52. The Morgan fingerprint density at radius 1 is 1.28 bits per heavy atom. The molecule has 0 amide bonds. The minimum Gasteiger partial charge on any atom is -0.331 e. The lowest BCUT2D eigenvalue weighted by Crippen LogP contribution is -2.14. The number of aromatic amines is 1. The summed E-state index contributed by atoms with van der Waals surface area (Å²) in [5.74, 6) is 0.809. The molecule has 1 fully saturated rings. The monoisotopic (exact) mass is 260 g/mol. The predicted octanol–water partition coefficient (Wildman–Crippen LogP) is 4.59. The Morgan fingerprint density at radius 3 is 2.83 bits per heavy atom. The molecule has 1 aromatic carbocycles. The van der Waals surface area contributed by atoms with Gasteiger partial charge in [-0.3, -0.25) is 0 Å². The van der Waals surface area contributed by atoms with Crippen molar-refractivity contribution in [3.63, 3.8) is 0 Å². The molecule has 1 aliphatic carbocycles. The third kappa shape index (κ3) is 2.12. The first-order valence-corrected chi connectivity index (χ1v) is 7.34. The third-order valence-electron chi connectivity index (χ3n) is 4.16. The normalized spacial score (nSPS) is 17.4. The first kappa shape index (κ1) is 12.0. The summed E-state index contributed by atoms with van der Waals surface area (Å²) < 4.78 is 3.19. The van der Waals surface area contributed by atoms with Gasteiger partial charge in [-0.1, -0.05) is 31.4 Å². The molecule has 2 nitrogen and oxygen atoms in total. The summed E-state index contributed by atoms with van der Waals surface area (Å²) in [6, 6.07) is 6.38. The van der Waals surface area contributed by atoms with Gasteiger partial charge in [-0.25, -0.2) is 0 Å². The zero-order chi connectivity index (χ0) is 12.5. The van der Waals surface area contributed by atoms with Crippen LogP contribution < -0.4 is 0 Å². The largest absolute Gasteiger partial charge is 0.331 e. The van der Waals surface area contributed by atoms with Gasteiger partial charge in [-0.05, 0) is 49.5 Å². The van der Waals surface area contributed by atoms with E-state index in [-0.39, 0.29) is 0 Å². The van der Waals surface area contributed by atoms with Crippen LogP contribution in [0.5, 0.6) is 0 Å². The lowest BCUT2D eigenvalue weighted by Gasteiger charge is -2.22. The number of imidazole rings is 1. The van der Waals surface area contributed by atoms with E-state index < -0.39 is 0 Å². The Morgan fingerprint density at radius 2 is 2.06 bits per heavy atom. The second-order valence-corrected chi connectivity index (χ2v) is 5.90. The van der Waals surface area contributed by atoms with Crippen LogP contribution in [0.15, 0.2) is 18.2 Å². The highest BCUT2D eigenvalue weighted by Gasteiger charge is 2.16. The summed E-state index contributed by atoms with van der Waals surface area (Å²) in [6.45, 7) is 3.26. The Hall–Kier alpha value is -1.09. The highest BCUT2D eigenvalue weighted by atomic mass is 32.1. The molecular weight excluding hydrogens is 240 g/mol. The number of nitrogens with zero attached hydrogens (tertiary/aromatic N) is 1. The fraction of sp³-hybridized carbons (Fsp3) is 0.533. The van der Waals surface area contributed by atoms with Crippen LogP contribution >= 0.6 is 12.2 Å². The standard InChI is InChI=1S/C15H20N2S/c1-11-6-5-9-13-14(11)17(15(18)16-13)10-12-7-3-2-4-8-12/h5-6,9,12H,2-4,7-8,10H2,1H3,(H,16,18). The summed E-state index contributed by atoms with van der Waals surface area (Å²) in [5.41, 5.74) is 3.79. The summed E-state index contributed by atoms with van der Waals surface area (Å²) in [6.07, 6.45) is 6.91. The van der Waals surface area contributed by atoms with Crippen molar-refractivity contribution in [2.75, 3.05) is 0 Å². The van der Waals surface area contributed by atoms with Crippen molar-refractivity contribution in [3.05, 3.63) is 28.5 Å². The number of hydrogen-bond donors (Lipinski definition) is 1. The molecule has 0 spiro atoms. The molecule has 18 heavy (non-hydrogen) atoms. The molecule has 1 heterocycles. The quantitative estimate of drug-likeness (QED) is 0.783. The second kappa shape index (κ2) is 4.88. The van der Waals surface area contributed by atoms with Gasteiger partial charge >= 0.3 is 0 Å². The fourth-order valence-corrected chi connectivity index (χ4v) is 3.48. The maximum Gasteiger partial charge on any atom is 0.178 e. The van der Waals surface area contributed by atoms with E-state index in [9.17, 15) is 0 Å². The van der Waals surface area contributed by atoms with Crippen molar-refractivity contribution in [1.29, 1.82) is 0 Å². The first-order valence-electron chi connectivity index (χ1n) is 6.94. The molecule has 1 saturated carbocycles. The number of nitrogens with one attached hydrogen (secondary N) is 1. The molecule has 3 rings (SSSR count). The molecule has 1 aliphatic rings. The van der Waals surface area contributed by atoms with Crippen molar-refractivity contribution in [1.82, 2.24) is 9.55 Å². The first-order chi connectivity index (χ1) is 8.75. The molecule has 2 aromatic rings. The van der Waals surface area contributed by atoms with E-state index in [2.05, 4.69) is 34.7 Å². The number of benzene rings is 1. The van der Waals surface area contributed by atoms with Gasteiger partial charge in [0.2, 0.25) is 0 Å². The predicted molar refractivity (Wildman–Crippen MR) is 78.4 cm³/mol. The average molecular weight is 260 g/mol. The van der Waals surface area contributed by atoms with Crippen LogP contribution in [0.4, 0.5) is 0 Å². The number of H-pyrrole nitrogens is 1. The Labute approximate surface area is 113 Å². The van der Waals surface area contributed by atoms with E-state index in [0.29, 0.717) is 0 Å². The minimum absolute atomic E-state index is 0.809. The van der Waals surface area contributed by atoms with E-state index in [4.69, 9.17) is 12.2 Å². The van der Waals surface area contributed by atoms with Crippen molar-refractivity contribution in [2.24, 2.45) is 5.92 Å². The Balaban J connectivity index is 2.00. The summed E-state index contributed by atoms with van der Waals surface area (Å²) in [4.78, 5) is 3.34. The van der Waals surface area contributed by atoms with Crippen LogP contribution in [0, 0.1) is 17.6 Å². The minimum atomic E-state index is 0.809. The molecule has 0 bridgehead atoms. The maximum absolute atomic E-state index is 5.49. The molecule has 1 aromatic heterocycles. The van der Waals surface area contributed by atoms with Crippen LogP contribution in [-0.4, -0.2) is 9.55 Å². The molecule has 0 unspecified atom stereocenters. The molecule has 1 N–H and O–H groups in total. The molecule has 0 aliphatic heterocycles. The number of hydrogen-bond acceptors (Lipinski definition) is 1. The average Bonchev–Trinajstić information content (AvgIpc) is 2.69.